The van der Waals surface area contributed by atoms with E-state index in [0.717, 1.165) is 35.2 Å². The van der Waals surface area contributed by atoms with E-state index in [4.69, 9.17) is 4.74 Å². The van der Waals surface area contributed by atoms with Gasteiger partial charge in [-0.25, -0.2) is 4.98 Å². The molecule has 23 heavy (non-hydrogen) atoms. The number of hydrogen-bond donors (Lipinski definition) is 1. The highest BCUT2D eigenvalue weighted by atomic mass is 16.5. The first-order valence-corrected chi connectivity index (χ1v) is 7.68. The fraction of sp³-hybridized carbons (Fsp3) is 0.158. The lowest BCUT2D eigenvalue weighted by Gasteiger charge is -2.07. The zero-order valence-corrected chi connectivity index (χ0v) is 12.6. The van der Waals surface area contributed by atoms with Crippen molar-refractivity contribution in [3.05, 3.63) is 65.7 Å². The Hall–Kier alpha value is -2.88. The fourth-order valence-corrected chi connectivity index (χ4v) is 2.86. The van der Waals surface area contributed by atoms with Gasteiger partial charge in [0.1, 0.15) is 11.6 Å². The first-order valence-electron chi connectivity index (χ1n) is 7.68. The number of carbonyl (C=O) groups excluding carboxylic acids is 1. The lowest BCUT2D eigenvalue weighted by Crippen LogP contribution is -2.15. The van der Waals surface area contributed by atoms with Crippen molar-refractivity contribution in [2.24, 2.45) is 0 Å². The number of fused-ring (bicyclic) bond motifs is 2. The lowest BCUT2D eigenvalue weighted by atomic mass is 10.1. The number of carbonyl (C=O) groups is 1. The average Bonchev–Trinajstić information content (AvgIpc) is 3.02. The fourth-order valence-electron chi connectivity index (χ4n) is 2.86. The molecule has 1 aliphatic heterocycles. The van der Waals surface area contributed by atoms with E-state index in [1.807, 2.05) is 48.5 Å². The van der Waals surface area contributed by atoms with Crippen LogP contribution in [0.1, 0.15) is 11.1 Å². The molecule has 2 heterocycles. The van der Waals surface area contributed by atoms with E-state index >= 15 is 0 Å². The molecule has 0 saturated heterocycles. The zero-order valence-electron chi connectivity index (χ0n) is 12.6. The highest BCUT2D eigenvalue weighted by Crippen LogP contribution is 2.26. The topological polar surface area (TPSA) is 51.2 Å². The van der Waals surface area contributed by atoms with Gasteiger partial charge in [-0.2, -0.15) is 0 Å². The first kappa shape index (κ1) is 13.8. The van der Waals surface area contributed by atoms with Crippen LogP contribution in [0.15, 0.2) is 54.6 Å². The van der Waals surface area contributed by atoms with E-state index in [-0.39, 0.29) is 5.91 Å². The molecule has 1 aromatic heterocycles. The van der Waals surface area contributed by atoms with Crippen LogP contribution in [0.3, 0.4) is 0 Å². The van der Waals surface area contributed by atoms with Crippen LogP contribution in [0.25, 0.3) is 10.9 Å². The van der Waals surface area contributed by atoms with Gasteiger partial charge in [-0.15, -0.1) is 0 Å². The molecule has 114 valence electrons. The van der Waals surface area contributed by atoms with E-state index in [1.54, 1.807) is 0 Å². The van der Waals surface area contributed by atoms with E-state index in [1.165, 1.54) is 5.56 Å². The number of anilines is 1. The number of benzene rings is 2. The molecule has 4 nitrogen and oxygen atoms in total. The summed E-state index contributed by atoms with van der Waals surface area (Å²) in [6, 6.07) is 17.6. The second-order valence-corrected chi connectivity index (χ2v) is 5.65. The van der Waals surface area contributed by atoms with Crippen molar-refractivity contribution in [1.29, 1.82) is 0 Å². The Bertz CT molecular complexity index is 889. The minimum absolute atomic E-state index is 0.0633. The predicted octanol–water partition coefficient (Wildman–Crippen LogP) is 3.35. The summed E-state index contributed by atoms with van der Waals surface area (Å²) in [5, 5.41) is 3.93. The molecule has 4 rings (SSSR count). The van der Waals surface area contributed by atoms with Crippen LogP contribution in [-0.2, 0) is 17.6 Å². The van der Waals surface area contributed by atoms with Crippen LogP contribution in [0.2, 0.25) is 0 Å². The van der Waals surface area contributed by atoms with Gasteiger partial charge in [-0.05, 0) is 35.4 Å². The summed E-state index contributed by atoms with van der Waals surface area (Å²) in [6.07, 6.45) is 1.25. The largest absolute Gasteiger partial charge is 0.493 e. The normalized spacial score (nSPS) is 12.7. The number of pyridine rings is 1. The number of aromatic nitrogens is 1. The molecule has 0 unspecified atom stereocenters. The summed E-state index contributed by atoms with van der Waals surface area (Å²) in [5.41, 5.74) is 3.05. The van der Waals surface area contributed by atoms with Crippen LogP contribution in [0, 0.1) is 0 Å². The monoisotopic (exact) mass is 304 g/mol. The molecule has 0 saturated carbocycles. The van der Waals surface area contributed by atoms with Gasteiger partial charge in [-0.3, -0.25) is 4.79 Å². The van der Waals surface area contributed by atoms with Crippen molar-refractivity contribution >= 4 is 22.6 Å². The molecule has 0 radical (unpaired) electrons. The number of ether oxygens (including phenoxy) is 1. The second kappa shape index (κ2) is 5.72. The van der Waals surface area contributed by atoms with Crippen LogP contribution >= 0.6 is 0 Å². The number of nitrogens with zero attached hydrogens (tertiary/aromatic N) is 1. The Morgan fingerprint density at radius 3 is 3.00 bits per heavy atom. The summed E-state index contributed by atoms with van der Waals surface area (Å²) in [5.74, 6) is 1.45. The van der Waals surface area contributed by atoms with E-state index in [2.05, 4.69) is 16.4 Å². The molecule has 0 fully saturated rings. The zero-order chi connectivity index (χ0) is 15.6. The van der Waals surface area contributed by atoms with Crippen LogP contribution in [0.5, 0.6) is 5.75 Å². The SMILES string of the molecule is O=C(Cc1ccc2c(c1)CCO2)Nc1ccc2ccccc2n1. The van der Waals surface area contributed by atoms with Gasteiger partial charge in [0.2, 0.25) is 5.91 Å². The molecule has 4 heteroatoms. The Kier molecular flexibility index (Phi) is 3.42. The average molecular weight is 304 g/mol. The van der Waals surface area contributed by atoms with Gasteiger partial charge in [0.05, 0.1) is 18.5 Å². The van der Waals surface area contributed by atoms with Gasteiger partial charge in [0.15, 0.2) is 0 Å². The molecule has 0 atom stereocenters. The predicted molar refractivity (Wildman–Crippen MR) is 89.7 cm³/mol. The molecule has 2 aromatic carbocycles. The third-order valence-electron chi connectivity index (χ3n) is 3.98. The maximum atomic E-state index is 12.2. The number of amides is 1. The lowest BCUT2D eigenvalue weighted by molar-refractivity contribution is -0.115. The molecule has 0 spiro atoms. The first-order chi connectivity index (χ1) is 11.3. The minimum Gasteiger partial charge on any atom is -0.493 e. The van der Waals surface area contributed by atoms with Gasteiger partial charge in [-0.1, -0.05) is 30.3 Å². The van der Waals surface area contributed by atoms with Crippen LogP contribution < -0.4 is 10.1 Å². The Labute approximate surface area is 134 Å². The van der Waals surface area contributed by atoms with Gasteiger partial charge in [0, 0.05) is 11.8 Å². The summed E-state index contributed by atoms with van der Waals surface area (Å²) in [6.45, 7) is 0.728. The molecular formula is C19H16N2O2. The highest BCUT2D eigenvalue weighted by molar-refractivity contribution is 5.92. The summed E-state index contributed by atoms with van der Waals surface area (Å²) in [4.78, 5) is 16.7. The molecular weight excluding hydrogens is 288 g/mol. The molecule has 1 N–H and O–H groups in total. The smallest absolute Gasteiger partial charge is 0.229 e. The van der Waals surface area contributed by atoms with E-state index < -0.39 is 0 Å². The molecule has 3 aromatic rings. The minimum atomic E-state index is -0.0633. The third kappa shape index (κ3) is 2.88. The summed E-state index contributed by atoms with van der Waals surface area (Å²) < 4.78 is 5.48. The number of nitrogens with one attached hydrogen (secondary N) is 1. The number of hydrogen-bond acceptors (Lipinski definition) is 3. The van der Waals surface area contributed by atoms with Crippen molar-refractivity contribution in [2.45, 2.75) is 12.8 Å². The van der Waals surface area contributed by atoms with Crippen molar-refractivity contribution in [1.82, 2.24) is 4.98 Å². The summed E-state index contributed by atoms with van der Waals surface area (Å²) >= 11 is 0. The highest BCUT2D eigenvalue weighted by Gasteiger charge is 2.13. The maximum Gasteiger partial charge on any atom is 0.229 e. The quantitative estimate of drug-likeness (QED) is 0.807. The molecule has 1 amide bonds. The van der Waals surface area contributed by atoms with Crippen LogP contribution in [0.4, 0.5) is 5.82 Å². The Morgan fingerprint density at radius 1 is 1.13 bits per heavy atom. The third-order valence-corrected chi connectivity index (χ3v) is 3.98. The van der Waals surface area contributed by atoms with Gasteiger partial charge < -0.3 is 10.1 Å². The summed E-state index contributed by atoms with van der Waals surface area (Å²) in [7, 11) is 0. The van der Waals surface area contributed by atoms with Gasteiger partial charge >= 0.3 is 0 Å². The number of rotatable bonds is 3. The Balaban J connectivity index is 1.48. The molecule has 1 aliphatic rings. The standard InChI is InChI=1S/C19H16N2O2/c22-19(12-13-5-7-17-15(11-13)9-10-23-17)21-18-8-6-14-3-1-2-4-16(14)20-18/h1-8,11H,9-10,12H2,(H,20,21,22). The van der Waals surface area contributed by atoms with E-state index in [9.17, 15) is 4.79 Å². The molecule has 0 bridgehead atoms. The van der Waals surface area contributed by atoms with Crippen LogP contribution in [-0.4, -0.2) is 17.5 Å². The van der Waals surface area contributed by atoms with Crippen molar-refractivity contribution in [3.63, 3.8) is 0 Å². The Morgan fingerprint density at radius 2 is 2.04 bits per heavy atom. The second-order valence-electron chi connectivity index (χ2n) is 5.65. The van der Waals surface area contributed by atoms with Gasteiger partial charge in [0.25, 0.3) is 0 Å². The van der Waals surface area contributed by atoms with Crippen molar-refractivity contribution in [3.8, 4) is 5.75 Å². The van der Waals surface area contributed by atoms with Crippen molar-refractivity contribution in [2.75, 3.05) is 11.9 Å². The van der Waals surface area contributed by atoms with Crippen molar-refractivity contribution < 1.29 is 9.53 Å². The number of para-hydroxylation sites is 1. The maximum absolute atomic E-state index is 12.2. The van der Waals surface area contributed by atoms with E-state index in [0.29, 0.717) is 12.2 Å². The molecule has 0 aliphatic carbocycles.